The fourth-order valence-electron chi connectivity index (χ4n) is 5.35. The number of hydrogen-bond acceptors (Lipinski definition) is 6. The number of amides is 2. The molecule has 8 heteroatoms. The molecular weight excluding hydrogens is 520 g/mol. The summed E-state index contributed by atoms with van der Waals surface area (Å²) in [5.41, 5.74) is 11.0. The number of thiophene rings is 1. The zero-order valence-corrected chi connectivity index (χ0v) is 24.7. The summed E-state index contributed by atoms with van der Waals surface area (Å²) in [6.45, 7) is 3.61. The molecule has 2 aromatic carbocycles. The normalized spacial score (nSPS) is 16.9. The van der Waals surface area contributed by atoms with E-state index < -0.39 is 0 Å². The van der Waals surface area contributed by atoms with Crippen LogP contribution in [0.3, 0.4) is 0 Å². The average molecular weight is 563 g/mol. The zero-order valence-electron chi connectivity index (χ0n) is 23.9. The number of nitrogens with one attached hydrogen (secondary N) is 1. The number of carbonyl (C=O) groups excluding carboxylic acids is 2. The summed E-state index contributed by atoms with van der Waals surface area (Å²) in [4.78, 5) is 31.0. The zero-order chi connectivity index (χ0) is 28.5. The molecule has 0 spiro atoms. The van der Waals surface area contributed by atoms with Gasteiger partial charge < -0.3 is 25.6 Å². The highest BCUT2D eigenvalue weighted by Gasteiger charge is 2.29. The van der Waals surface area contributed by atoms with Gasteiger partial charge in [-0.3, -0.25) is 9.59 Å². The van der Waals surface area contributed by atoms with Gasteiger partial charge in [-0.1, -0.05) is 43.7 Å². The Hall–Kier alpha value is -3.20. The standard InChI is InChI=1S/C32H42N4O3S/c1-4-5-17-35(2)29-16-11-25(20-28(29)34-31(37)22-39-3)24-9-6-8-23(19-24)21-36(27-14-12-26(33)13-15-27)32(38)30-10-7-18-40-30/h6-11,16,18-20,26-27H,4-5,12-15,17,21-22,33H2,1-3H3,(H,34,37). The monoisotopic (exact) mass is 562 g/mol. The molecule has 0 atom stereocenters. The van der Waals surface area contributed by atoms with Gasteiger partial charge in [-0.2, -0.15) is 0 Å². The molecule has 1 aliphatic rings. The van der Waals surface area contributed by atoms with Crippen molar-refractivity contribution in [3.63, 3.8) is 0 Å². The summed E-state index contributed by atoms with van der Waals surface area (Å²) < 4.78 is 5.05. The minimum absolute atomic E-state index is 0.00198. The van der Waals surface area contributed by atoms with Crippen LogP contribution < -0.4 is 16.0 Å². The number of nitrogens with two attached hydrogens (primary N) is 1. The van der Waals surface area contributed by atoms with Crippen LogP contribution in [0.15, 0.2) is 60.0 Å². The van der Waals surface area contributed by atoms with Crippen LogP contribution in [-0.2, 0) is 16.1 Å². The van der Waals surface area contributed by atoms with Crippen LogP contribution in [-0.4, -0.2) is 56.1 Å². The van der Waals surface area contributed by atoms with Gasteiger partial charge in [-0.25, -0.2) is 0 Å². The molecule has 4 rings (SSSR count). The van der Waals surface area contributed by atoms with E-state index in [1.165, 1.54) is 18.4 Å². The number of benzene rings is 2. The van der Waals surface area contributed by atoms with Crippen molar-refractivity contribution in [2.75, 3.05) is 37.5 Å². The second kappa shape index (κ2) is 14.4. The van der Waals surface area contributed by atoms with Gasteiger partial charge in [-0.15, -0.1) is 11.3 Å². The minimum Gasteiger partial charge on any atom is -0.375 e. The first-order chi connectivity index (χ1) is 19.4. The molecule has 0 aliphatic heterocycles. The molecule has 3 N–H and O–H groups in total. The maximum atomic E-state index is 13.6. The Kier molecular flexibility index (Phi) is 10.7. The molecule has 1 heterocycles. The van der Waals surface area contributed by atoms with E-state index in [-0.39, 0.29) is 30.5 Å². The van der Waals surface area contributed by atoms with Crippen LogP contribution in [0.2, 0.25) is 0 Å². The number of nitrogens with zero attached hydrogens (tertiary/aromatic N) is 2. The first-order valence-electron chi connectivity index (χ1n) is 14.2. The van der Waals surface area contributed by atoms with Crippen LogP contribution in [0.4, 0.5) is 11.4 Å². The number of ether oxygens (including phenoxy) is 1. The minimum atomic E-state index is -0.187. The second-order valence-electron chi connectivity index (χ2n) is 10.7. The van der Waals surface area contributed by atoms with Gasteiger partial charge in [0.15, 0.2) is 0 Å². The molecule has 1 aliphatic carbocycles. The van der Waals surface area contributed by atoms with E-state index in [0.717, 1.165) is 78.0 Å². The van der Waals surface area contributed by atoms with Crippen molar-refractivity contribution in [1.82, 2.24) is 4.90 Å². The molecule has 2 amide bonds. The van der Waals surface area contributed by atoms with E-state index in [9.17, 15) is 9.59 Å². The van der Waals surface area contributed by atoms with Gasteiger partial charge in [0.25, 0.3) is 5.91 Å². The van der Waals surface area contributed by atoms with E-state index in [4.69, 9.17) is 10.5 Å². The van der Waals surface area contributed by atoms with Crippen LogP contribution in [0.25, 0.3) is 11.1 Å². The summed E-state index contributed by atoms with van der Waals surface area (Å²) in [6.07, 6.45) is 5.90. The number of anilines is 2. The average Bonchev–Trinajstić information content (AvgIpc) is 3.50. The Morgan fingerprint density at radius 1 is 1.05 bits per heavy atom. The maximum absolute atomic E-state index is 13.6. The van der Waals surface area contributed by atoms with Crippen LogP contribution in [0.1, 0.15) is 60.7 Å². The smallest absolute Gasteiger partial charge is 0.264 e. The fourth-order valence-corrected chi connectivity index (χ4v) is 6.03. The Balaban J connectivity index is 1.61. The van der Waals surface area contributed by atoms with Crippen molar-refractivity contribution in [2.24, 2.45) is 5.73 Å². The van der Waals surface area contributed by atoms with Crippen molar-refractivity contribution < 1.29 is 14.3 Å². The van der Waals surface area contributed by atoms with Gasteiger partial charge in [0, 0.05) is 39.3 Å². The summed E-state index contributed by atoms with van der Waals surface area (Å²) in [6, 6.07) is 18.8. The molecule has 1 fully saturated rings. The molecule has 3 aromatic rings. The lowest BCUT2D eigenvalue weighted by Gasteiger charge is -2.36. The topological polar surface area (TPSA) is 87.9 Å². The Bertz CT molecular complexity index is 1250. The second-order valence-corrected chi connectivity index (χ2v) is 11.6. The lowest BCUT2D eigenvalue weighted by Crippen LogP contribution is -2.43. The molecule has 7 nitrogen and oxygen atoms in total. The van der Waals surface area contributed by atoms with E-state index in [0.29, 0.717) is 6.54 Å². The van der Waals surface area contributed by atoms with Gasteiger partial charge >= 0.3 is 0 Å². The van der Waals surface area contributed by atoms with Crippen molar-refractivity contribution in [3.05, 3.63) is 70.4 Å². The third-order valence-electron chi connectivity index (χ3n) is 7.59. The Morgan fingerprint density at radius 3 is 2.52 bits per heavy atom. The predicted octanol–water partition coefficient (Wildman–Crippen LogP) is 6.15. The SMILES string of the molecule is CCCCN(C)c1ccc(-c2cccc(CN(C(=O)c3cccs3)C3CCC(N)CC3)c2)cc1NC(=O)COC. The van der Waals surface area contributed by atoms with Gasteiger partial charge in [0.05, 0.1) is 16.3 Å². The summed E-state index contributed by atoms with van der Waals surface area (Å²) >= 11 is 1.49. The highest BCUT2D eigenvalue weighted by atomic mass is 32.1. The number of carbonyl (C=O) groups is 2. The molecule has 214 valence electrons. The summed E-state index contributed by atoms with van der Waals surface area (Å²) in [5, 5.41) is 4.99. The van der Waals surface area contributed by atoms with Crippen LogP contribution in [0.5, 0.6) is 0 Å². The maximum Gasteiger partial charge on any atom is 0.264 e. The highest BCUT2D eigenvalue weighted by molar-refractivity contribution is 7.12. The van der Waals surface area contributed by atoms with E-state index in [1.54, 1.807) is 0 Å². The third-order valence-corrected chi connectivity index (χ3v) is 8.45. The van der Waals surface area contributed by atoms with E-state index in [2.05, 4.69) is 54.5 Å². The van der Waals surface area contributed by atoms with Crippen molar-refractivity contribution >= 4 is 34.5 Å². The van der Waals surface area contributed by atoms with Crippen molar-refractivity contribution in [3.8, 4) is 11.1 Å². The molecule has 0 saturated heterocycles. The first-order valence-corrected chi connectivity index (χ1v) is 15.1. The first kappa shape index (κ1) is 29.8. The van der Waals surface area contributed by atoms with E-state index >= 15 is 0 Å². The quantitative estimate of drug-likeness (QED) is 0.277. The molecule has 0 bridgehead atoms. The molecule has 40 heavy (non-hydrogen) atoms. The van der Waals surface area contributed by atoms with Crippen LogP contribution >= 0.6 is 11.3 Å². The summed E-state index contributed by atoms with van der Waals surface area (Å²) in [7, 11) is 3.57. The van der Waals surface area contributed by atoms with Crippen molar-refractivity contribution in [1.29, 1.82) is 0 Å². The fraction of sp³-hybridized carbons (Fsp3) is 0.438. The number of unbranched alkanes of at least 4 members (excludes halogenated alkanes) is 1. The largest absolute Gasteiger partial charge is 0.375 e. The lowest BCUT2D eigenvalue weighted by molar-refractivity contribution is -0.119. The summed E-state index contributed by atoms with van der Waals surface area (Å²) in [5.74, 6) is -0.100. The molecular formula is C32H42N4O3S. The third kappa shape index (κ3) is 7.71. The Labute approximate surface area is 242 Å². The van der Waals surface area contributed by atoms with Gasteiger partial charge in [-0.05, 0) is 78.4 Å². The highest BCUT2D eigenvalue weighted by Crippen LogP contribution is 2.33. The predicted molar refractivity (Wildman–Crippen MR) is 165 cm³/mol. The number of methoxy groups -OCH3 is 1. The Morgan fingerprint density at radius 2 is 1.82 bits per heavy atom. The van der Waals surface area contributed by atoms with Crippen LogP contribution in [0, 0.1) is 0 Å². The molecule has 0 radical (unpaired) electrons. The lowest BCUT2D eigenvalue weighted by atomic mass is 9.90. The number of hydrogen-bond donors (Lipinski definition) is 2. The molecule has 0 unspecified atom stereocenters. The number of rotatable bonds is 12. The molecule has 1 saturated carbocycles. The van der Waals surface area contributed by atoms with Crippen molar-refractivity contribution in [2.45, 2.75) is 64.1 Å². The van der Waals surface area contributed by atoms with Gasteiger partial charge in [0.1, 0.15) is 6.61 Å². The molecule has 1 aromatic heterocycles. The van der Waals surface area contributed by atoms with E-state index in [1.807, 2.05) is 34.5 Å². The van der Waals surface area contributed by atoms with Gasteiger partial charge in [0.2, 0.25) is 5.91 Å².